The number of nitrogens with two attached hydrogens (primary N) is 3. The minimum atomic E-state index is -1.30. The number of aromatic amines is 1. The van der Waals surface area contributed by atoms with Crippen LogP contribution in [0, 0.1) is 0 Å². The molecule has 0 radical (unpaired) electrons. The minimum Gasteiger partial charge on any atom is -0.508 e. The number of phenolic OH excluding ortho intramolecular Hbond substituents is 1. The first-order chi connectivity index (χ1) is 21.5. The summed E-state index contributed by atoms with van der Waals surface area (Å²) in [5, 5.41) is 27.9. The lowest BCUT2D eigenvalue weighted by molar-refractivity contribution is -0.142. The maximum absolute atomic E-state index is 13.4. The van der Waals surface area contributed by atoms with Gasteiger partial charge in [0.1, 0.15) is 23.9 Å². The van der Waals surface area contributed by atoms with Crippen molar-refractivity contribution in [3.05, 3.63) is 65.9 Å². The second-order valence-corrected chi connectivity index (χ2v) is 10.9. The average Bonchev–Trinajstić information content (AvgIpc) is 3.41. The molecule has 45 heavy (non-hydrogen) atoms. The lowest BCUT2D eigenvalue weighted by Gasteiger charge is -2.25. The van der Waals surface area contributed by atoms with Gasteiger partial charge in [-0.3, -0.25) is 19.2 Å². The van der Waals surface area contributed by atoms with Crippen LogP contribution in [0.2, 0.25) is 0 Å². The van der Waals surface area contributed by atoms with E-state index < -0.39 is 53.8 Å². The zero-order valence-corrected chi connectivity index (χ0v) is 24.8. The second kappa shape index (κ2) is 16.8. The van der Waals surface area contributed by atoms with Gasteiger partial charge in [-0.2, -0.15) is 0 Å². The van der Waals surface area contributed by atoms with Gasteiger partial charge in [0, 0.05) is 29.9 Å². The molecule has 0 spiro atoms. The van der Waals surface area contributed by atoms with E-state index >= 15 is 0 Å². The lowest BCUT2D eigenvalue weighted by atomic mass is 10.0. The number of carboxylic acid groups (broad SMARTS) is 1. The van der Waals surface area contributed by atoms with Crippen molar-refractivity contribution in [2.75, 3.05) is 6.54 Å². The Morgan fingerprint density at radius 3 is 2.07 bits per heavy atom. The van der Waals surface area contributed by atoms with Crippen LogP contribution in [0.1, 0.15) is 43.2 Å². The van der Waals surface area contributed by atoms with Gasteiger partial charge in [0.25, 0.3) is 0 Å². The van der Waals surface area contributed by atoms with E-state index in [4.69, 9.17) is 17.2 Å². The summed E-state index contributed by atoms with van der Waals surface area (Å²) < 4.78 is 0. The highest BCUT2D eigenvalue weighted by Crippen LogP contribution is 2.19. The number of rotatable bonds is 18. The van der Waals surface area contributed by atoms with Gasteiger partial charge >= 0.3 is 5.97 Å². The summed E-state index contributed by atoms with van der Waals surface area (Å²) in [5.74, 6) is -4.07. The first kappa shape index (κ1) is 34.5. The lowest BCUT2D eigenvalue weighted by Crippen LogP contribution is -2.57. The topological polar surface area (TPSA) is 256 Å². The molecule has 4 amide bonds. The summed E-state index contributed by atoms with van der Waals surface area (Å²) in [4.78, 5) is 66.5. The van der Waals surface area contributed by atoms with Crippen molar-refractivity contribution in [3.8, 4) is 5.75 Å². The van der Waals surface area contributed by atoms with Crippen LogP contribution < -0.4 is 33.2 Å². The number of primary amides is 1. The predicted octanol–water partition coefficient (Wildman–Crippen LogP) is -0.0805. The van der Waals surface area contributed by atoms with Crippen LogP contribution >= 0.6 is 0 Å². The number of aromatic nitrogens is 1. The number of amides is 4. The van der Waals surface area contributed by atoms with Gasteiger partial charge in [-0.15, -0.1) is 0 Å². The van der Waals surface area contributed by atoms with Crippen molar-refractivity contribution in [1.29, 1.82) is 0 Å². The summed E-state index contributed by atoms with van der Waals surface area (Å²) >= 11 is 0. The number of aliphatic carboxylic acids is 1. The number of unbranched alkanes of at least 4 members (excludes halogenated alkanes) is 1. The van der Waals surface area contributed by atoms with E-state index in [0.717, 1.165) is 10.9 Å². The third-order valence-corrected chi connectivity index (χ3v) is 7.33. The Morgan fingerprint density at radius 1 is 0.800 bits per heavy atom. The largest absolute Gasteiger partial charge is 0.508 e. The fourth-order valence-corrected chi connectivity index (χ4v) is 4.84. The summed E-state index contributed by atoms with van der Waals surface area (Å²) in [6.07, 6.45) is 2.53. The van der Waals surface area contributed by atoms with E-state index in [2.05, 4.69) is 20.9 Å². The van der Waals surface area contributed by atoms with E-state index in [-0.39, 0.29) is 37.9 Å². The molecule has 4 atom stereocenters. The zero-order valence-electron chi connectivity index (χ0n) is 24.8. The van der Waals surface area contributed by atoms with E-state index in [1.807, 2.05) is 24.3 Å². The Balaban J connectivity index is 1.73. The Bertz CT molecular complexity index is 1470. The molecule has 0 aliphatic rings. The number of phenols is 1. The van der Waals surface area contributed by atoms with Crippen LogP contribution in [0.4, 0.5) is 0 Å². The average molecular weight is 624 g/mol. The number of nitrogens with one attached hydrogen (secondary N) is 4. The molecule has 12 N–H and O–H groups in total. The third-order valence-electron chi connectivity index (χ3n) is 7.33. The Hall–Kier alpha value is -4.95. The normalized spacial score (nSPS) is 13.7. The van der Waals surface area contributed by atoms with Crippen molar-refractivity contribution < 1.29 is 34.2 Å². The van der Waals surface area contributed by atoms with Gasteiger partial charge in [0.2, 0.25) is 23.6 Å². The predicted molar refractivity (Wildman–Crippen MR) is 167 cm³/mol. The zero-order chi connectivity index (χ0) is 32.9. The number of aromatic hydroxyl groups is 1. The highest BCUT2D eigenvalue weighted by Gasteiger charge is 2.31. The number of carboxylic acids is 1. The molecular weight excluding hydrogens is 582 g/mol. The van der Waals surface area contributed by atoms with E-state index in [1.165, 1.54) is 12.1 Å². The van der Waals surface area contributed by atoms with Crippen LogP contribution in [0.5, 0.6) is 5.75 Å². The van der Waals surface area contributed by atoms with Crippen molar-refractivity contribution >= 4 is 40.5 Å². The molecule has 0 aliphatic carbocycles. The number of fused-ring (bicyclic) bond motifs is 1. The van der Waals surface area contributed by atoms with Gasteiger partial charge in [-0.05, 0) is 68.0 Å². The summed E-state index contributed by atoms with van der Waals surface area (Å²) in [5.41, 5.74) is 19.2. The van der Waals surface area contributed by atoms with Gasteiger partial charge < -0.3 is 48.3 Å². The van der Waals surface area contributed by atoms with Crippen LogP contribution in [0.25, 0.3) is 10.9 Å². The van der Waals surface area contributed by atoms with E-state index in [9.17, 15) is 34.2 Å². The fraction of sp³-hybridized carbons (Fsp3) is 0.387. The standard InChI is InChI=1S/C31H41N7O7/c32-14-4-3-7-24(29(42)38-26(31(44)45)16-19-17-35-23-6-2-1-5-21(19)23)37-30(43)25(12-13-27(34)40)36-28(41)22(33)15-18-8-10-20(39)11-9-18/h1-2,5-6,8-11,17,22,24-26,35,39H,3-4,7,12-16,32-33H2,(H2,34,40)(H,36,41)(H,37,43)(H,38,42)(H,44,45). The molecule has 0 bridgehead atoms. The molecule has 1 aromatic heterocycles. The molecule has 0 saturated carbocycles. The summed E-state index contributed by atoms with van der Waals surface area (Å²) in [7, 11) is 0. The van der Waals surface area contributed by atoms with Crippen LogP contribution in [0.3, 0.4) is 0 Å². The van der Waals surface area contributed by atoms with Gasteiger partial charge in [0.15, 0.2) is 0 Å². The van der Waals surface area contributed by atoms with Crippen molar-refractivity contribution in [2.24, 2.45) is 17.2 Å². The summed E-state index contributed by atoms with van der Waals surface area (Å²) in [6.45, 7) is 0.344. The van der Waals surface area contributed by atoms with Crippen LogP contribution in [-0.2, 0) is 36.8 Å². The highest BCUT2D eigenvalue weighted by atomic mass is 16.4. The number of benzene rings is 2. The number of carbonyl (C=O) groups is 5. The third kappa shape index (κ3) is 10.6. The first-order valence-electron chi connectivity index (χ1n) is 14.7. The van der Waals surface area contributed by atoms with E-state index in [1.54, 1.807) is 18.3 Å². The van der Waals surface area contributed by atoms with Crippen LogP contribution in [-0.4, -0.2) is 75.5 Å². The second-order valence-electron chi connectivity index (χ2n) is 10.9. The maximum atomic E-state index is 13.4. The van der Waals surface area contributed by atoms with Crippen LogP contribution in [0.15, 0.2) is 54.7 Å². The van der Waals surface area contributed by atoms with Gasteiger partial charge in [-0.1, -0.05) is 30.3 Å². The van der Waals surface area contributed by atoms with Crippen molar-refractivity contribution in [3.63, 3.8) is 0 Å². The molecule has 1 heterocycles. The quantitative estimate of drug-likeness (QED) is 0.0857. The Kier molecular flexibility index (Phi) is 12.9. The van der Waals surface area contributed by atoms with Gasteiger partial charge in [0.05, 0.1) is 6.04 Å². The SMILES string of the molecule is NCCCCC(NC(=O)C(CCC(N)=O)NC(=O)C(N)Cc1ccc(O)cc1)C(=O)NC(Cc1c[nH]c2ccccc12)C(=O)O. The number of hydrogen-bond acceptors (Lipinski definition) is 8. The minimum absolute atomic E-state index is 0.00916. The van der Waals surface area contributed by atoms with Crippen molar-refractivity contribution in [1.82, 2.24) is 20.9 Å². The highest BCUT2D eigenvalue weighted by molar-refractivity contribution is 5.94. The first-order valence-corrected chi connectivity index (χ1v) is 14.7. The number of carbonyl (C=O) groups excluding carboxylic acids is 4. The van der Waals surface area contributed by atoms with Gasteiger partial charge in [-0.25, -0.2) is 4.79 Å². The molecular formula is C31H41N7O7. The molecule has 0 fully saturated rings. The fourth-order valence-electron chi connectivity index (χ4n) is 4.84. The maximum Gasteiger partial charge on any atom is 0.326 e. The molecule has 0 saturated heterocycles. The smallest absolute Gasteiger partial charge is 0.326 e. The number of hydrogen-bond donors (Lipinski definition) is 9. The Morgan fingerprint density at radius 2 is 1.42 bits per heavy atom. The molecule has 3 aromatic rings. The molecule has 14 heteroatoms. The molecule has 242 valence electrons. The number of H-pyrrole nitrogens is 1. The van der Waals surface area contributed by atoms with E-state index in [0.29, 0.717) is 30.5 Å². The Labute approximate surface area is 260 Å². The molecule has 2 aromatic carbocycles. The molecule has 14 nitrogen and oxygen atoms in total. The monoisotopic (exact) mass is 623 g/mol. The molecule has 3 rings (SSSR count). The summed E-state index contributed by atoms with van der Waals surface area (Å²) in [6, 6.07) is 8.69. The molecule has 4 unspecified atom stereocenters. The molecule has 0 aliphatic heterocycles. The van der Waals surface area contributed by atoms with Crippen molar-refractivity contribution in [2.45, 2.75) is 69.1 Å². The number of para-hydroxylation sites is 1.